The fraction of sp³-hybridized carbons (Fsp3) is 0.600. The summed E-state index contributed by atoms with van der Waals surface area (Å²) in [6.45, 7) is 4.22. The van der Waals surface area contributed by atoms with Gasteiger partial charge in [-0.05, 0) is 19.4 Å². The molecule has 0 saturated heterocycles. The maximum atomic E-state index is 12.7. The minimum absolute atomic E-state index is 0.156. The highest BCUT2D eigenvalue weighted by Crippen LogP contribution is 2.42. The van der Waals surface area contributed by atoms with Crippen LogP contribution < -0.4 is 4.90 Å². The van der Waals surface area contributed by atoms with Gasteiger partial charge in [-0.15, -0.1) is 0 Å². The summed E-state index contributed by atoms with van der Waals surface area (Å²) < 4.78 is 0. The monoisotopic (exact) mass is 331 g/mol. The lowest BCUT2D eigenvalue weighted by atomic mass is 9.90. The number of unbranched alkanes of at least 4 members (excludes halogenated alkanes) is 6. The van der Waals surface area contributed by atoms with E-state index in [0.717, 1.165) is 18.5 Å². The molecule has 0 radical (unpaired) electrons. The Morgan fingerprint density at radius 2 is 1.71 bits per heavy atom. The van der Waals surface area contributed by atoms with E-state index in [1.54, 1.807) is 17.0 Å². The third-order valence-corrected chi connectivity index (χ3v) is 4.73. The van der Waals surface area contributed by atoms with Crippen molar-refractivity contribution in [2.75, 3.05) is 11.4 Å². The average molecular weight is 331 g/mol. The molecule has 2 rings (SSSR count). The molecule has 4 nitrogen and oxygen atoms in total. The molecule has 132 valence electrons. The van der Waals surface area contributed by atoms with Gasteiger partial charge in [0, 0.05) is 18.5 Å². The van der Waals surface area contributed by atoms with Crippen LogP contribution in [-0.4, -0.2) is 23.3 Å². The van der Waals surface area contributed by atoms with Crippen molar-refractivity contribution in [1.82, 2.24) is 0 Å². The largest absolute Gasteiger partial charge is 0.375 e. The van der Waals surface area contributed by atoms with E-state index in [9.17, 15) is 14.7 Å². The summed E-state index contributed by atoms with van der Waals surface area (Å²) in [5.41, 5.74) is -0.380. The topological polar surface area (TPSA) is 57.6 Å². The van der Waals surface area contributed by atoms with Gasteiger partial charge in [0.05, 0.1) is 5.69 Å². The number of Topliss-reactive ketones (excluding diaryl/α,β-unsaturated/α-hetero) is 1. The van der Waals surface area contributed by atoms with Crippen LogP contribution in [-0.2, 0) is 15.2 Å². The van der Waals surface area contributed by atoms with Gasteiger partial charge >= 0.3 is 0 Å². The van der Waals surface area contributed by atoms with Crippen molar-refractivity contribution in [3.05, 3.63) is 29.8 Å². The molecule has 4 heteroatoms. The van der Waals surface area contributed by atoms with Gasteiger partial charge in [0.25, 0.3) is 5.91 Å². The van der Waals surface area contributed by atoms with Gasteiger partial charge in [-0.1, -0.05) is 63.6 Å². The Balaban J connectivity index is 1.98. The van der Waals surface area contributed by atoms with Crippen LogP contribution in [0.2, 0.25) is 0 Å². The molecular formula is C20H29NO3. The summed E-state index contributed by atoms with van der Waals surface area (Å²) in [4.78, 5) is 25.9. The first-order valence-electron chi connectivity index (χ1n) is 9.14. The van der Waals surface area contributed by atoms with Crippen molar-refractivity contribution in [2.45, 2.75) is 70.8 Å². The number of anilines is 1. The summed E-state index contributed by atoms with van der Waals surface area (Å²) in [6.07, 6.45) is 8.08. The first kappa shape index (κ1) is 18.7. The summed E-state index contributed by atoms with van der Waals surface area (Å²) in [6, 6.07) is 7.27. The van der Waals surface area contributed by atoms with Crippen molar-refractivity contribution < 1.29 is 14.7 Å². The van der Waals surface area contributed by atoms with E-state index in [-0.39, 0.29) is 18.1 Å². The van der Waals surface area contributed by atoms with Crippen molar-refractivity contribution in [3.63, 3.8) is 0 Å². The van der Waals surface area contributed by atoms with Gasteiger partial charge < -0.3 is 10.0 Å². The van der Waals surface area contributed by atoms with E-state index in [2.05, 4.69) is 6.92 Å². The first-order valence-corrected chi connectivity index (χ1v) is 9.14. The van der Waals surface area contributed by atoms with E-state index in [0.29, 0.717) is 12.1 Å². The van der Waals surface area contributed by atoms with Gasteiger partial charge in [0.15, 0.2) is 5.60 Å². The Morgan fingerprint density at radius 3 is 2.38 bits per heavy atom. The van der Waals surface area contributed by atoms with E-state index in [4.69, 9.17) is 0 Å². The van der Waals surface area contributed by atoms with Crippen LogP contribution in [0.5, 0.6) is 0 Å². The molecule has 24 heavy (non-hydrogen) atoms. The van der Waals surface area contributed by atoms with Crippen LogP contribution in [0.1, 0.15) is 70.8 Å². The van der Waals surface area contributed by atoms with Crippen molar-refractivity contribution in [3.8, 4) is 0 Å². The molecule has 1 amide bonds. The highest BCUT2D eigenvalue weighted by molar-refractivity contribution is 6.08. The molecule has 1 atom stereocenters. The summed E-state index contributed by atoms with van der Waals surface area (Å²) in [5.74, 6) is -0.539. The number of hydrogen-bond donors (Lipinski definition) is 1. The second-order valence-corrected chi connectivity index (χ2v) is 6.83. The molecule has 0 bridgehead atoms. The first-order chi connectivity index (χ1) is 11.5. The number of carbonyl (C=O) groups excluding carboxylic acids is 2. The molecular weight excluding hydrogens is 302 g/mol. The Labute approximate surface area is 144 Å². The molecule has 1 N–H and O–H groups in total. The standard InChI is InChI=1S/C20H29NO3/c1-3-4-5-6-7-8-11-14-21-18-13-10-9-12-17(18)20(24,19(21)23)15-16(2)22/h9-10,12-13,24H,3-8,11,14-15H2,1-2H3. The lowest BCUT2D eigenvalue weighted by Crippen LogP contribution is -2.41. The molecule has 0 fully saturated rings. The summed E-state index contributed by atoms with van der Waals surface area (Å²) in [7, 11) is 0. The molecule has 0 saturated carbocycles. The van der Waals surface area contributed by atoms with Crippen LogP contribution in [0.25, 0.3) is 0 Å². The molecule has 1 unspecified atom stereocenters. The number of para-hydroxylation sites is 1. The van der Waals surface area contributed by atoms with Gasteiger partial charge in [-0.3, -0.25) is 9.59 Å². The number of nitrogens with zero attached hydrogens (tertiary/aromatic N) is 1. The Bertz CT molecular complexity index is 584. The maximum absolute atomic E-state index is 12.7. The second kappa shape index (κ2) is 8.43. The van der Waals surface area contributed by atoms with Gasteiger partial charge in [-0.25, -0.2) is 0 Å². The highest BCUT2D eigenvalue weighted by Gasteiger charge is 2.49. The van der Waals surface area contributed by atoms with Crippen LogP contribution in [0.4, 0.5) is 5.69 Å². The lowest BCUT2D eigenvalue weighted by molar-refractivity contribution is -0.141. The fourth-order valence-electron chi connectivity index (χ4n) is 3.49. The molecule has 0 aliphatic carbocycles. The number of aliphatic hydroxyl groups is 1. The molecule has 0 aromatic heterocycles. The van der Waals surface area contributed by atoms with E-state index in [1.165, 1.54) is 39.0 Å². The molecule has 1 aromatic rings. The number of carbonyl (C=O) groups is 2. The van der Waals surface area contributed by atoms with Crippen molar-refractivity contribution >= 4 is 17.4 Å². The quantitative estimate of drug-likeness (QED) is 0.660. The van der Waals surface area contributed by atoms with Crippen LogP contribution in [0.3, 0.4) is 0 Å². The van der Waals surface area contributed by atoms with Gasteiger partial charge in [0.2, 0.25) is 0 Å². The zero-order chi connectivity index (χ0) is 17.6. The highest BCUT2D eigenvalue weighted by atomic mass is 16.3. The lowest BCUT2D eigenvalue weighted by Gasteiger charge is -2.22. The Morgan fingerprint density at radius 1 is 1.08 bits per heavy atom. The zero-order valence-electron chi connectivity index (χ0n) is 14.9. The number of ketones is 1. The summed E-state index contributed by atoms with van der Waals surface area (Å²) in [5, 5.41) is 10.8. The zero-order valence-corrected chi connectivity index (χ0v) is 14.9. The number of benzene rings is 1. The maximum Gasteiger partial charge on any atom is 0.264 e. The number of amides is 1. The predicted octanol–water partition coefficient (Wildman–Crippen LogP) is 3.95. The normalized spacial score (nSPS) is 19.6. The van der Waals surface area contributed by atoms with Crippen molar-refractivity contribution in [1.29, 1.82) is 0 Å². The molecule has 0 spiro atoms. The summed E-state index contributed by atoms with van der Waals surface area (Å²) >= 11 is 0. The van der Waals surface area contributed by atoms with Gasteiger partial charge in [0.1, 0.15) is 5.78 Å². The van der Waals surface area contributed by atoms with E-state index < -0.39 is 5.60 Å². The fourth-order valence-corrected chi connectivity index (χ4v) is 3.49. The molecule has 1 aromatic carbocycles. The van der Waals surface area contributed by atoms with Crippen molar-refractivity contribution in [2.24, 2.45) is 0 Å². The average Bonchev–Trinajstić information content (AvgIpc) is 2.75. The molecule has 1 aliphatic heterocycles. The molecule has 1 aliphatic rings. The Kier molecular flexibility index (Phi) is 6.55. The predicted molar refractivity (Wildman–Crippen MR) is 96.0 cm³/mol. The number of rotatable bonds is 10. The Hall–Kier alpha value is -1.68. The SMILES string of the molecule is CCCCCCCCCN1C(=O)C(O)(CC(C)=O)c2ccccc21. The van der Waals surface area contributed by atoms with E-state index >= 15 is 0 Å². The van der Waals surface area contributed by atoms with Crippen LogP contribution in [0, 0.1) is 0 Å². The van der Waals surface area contributed by atoms with Crippen LogP contribution >= 0.6 is 0 Å². The number of fused-ring (bicyclic) bond motifs is 1. The minimum Gasteiger partial charge on any atom is -0.375 e. The third-order valence-electron chi connectivity index (χ3n) is 4.73. The van der Waals surface area contributed by atoms with Gasteiger partial charge in [-0.2, -0.15) is 0 Å². The molecule has 1 heterocycles. The minimum atomic E-state index is -1.69. The third kappa shape index (κ3) is 4.04. The number of hydrogen-bond acceptors (Lipinski definition) is 3. The second-order valence-electron chi connectivity index (χ2n) is 6.83. The van der Waals surface area contributed by atoms with Crippen LogP contribution in [0.15, 0.2) is 24.3 Å². The van der Waals surface area contributed by atoms with E-state index in [1.807, 2.05) is 12.1 Å². The smallest absolute Gasteiger partial charge is 0.264 e.